The van der Waals surface area contributed by atoms with E-state index in [4.69, 9.17) is 9.99 Å². The van der Waals surface area contributed by atoms with Crippen molar-refractivity contribution in [1.29, 1.82) is 0 Å². The van der Waals surface area contributed by atoms with Crippen LogP contribution in [-0.2, 0) is 14.5 Å². The first-order chi connectivity index (χ1) is 13.0. The molecule has 0 heterocycles. The normalized spacial score (nSPS) is 13.4. The molecule has 0 fully saturated rings. The number of nitrogens with one attached hydrogen (secondary N) is 1. The number of carbonyl (C=O) groups excluding carboxylic acids is 2. The lowest BCUT2D eigenvalue weighted by Crippen LogP contribution is -2.17. The molecule has 1 aliphatic rings. The maximum atomic E-state index is 14.5. The van der Waals surface area contributed by atoms with Crippen molar-refractivity contribution in [3.63, 3.8) is 0 Å². The van der Waals surface area contributed by atoms with Gasteiger partial charge < -0.3 is 10.1 Å². The van der Waals surface area contributed by atoms with Crippen molar-refractivity contribution in [1.82, 2.24) is 0 Å². The molecule has 2 N–H and O–H groups in total. The first kappa shape index (κ1) is 18.6. The summed E-state index contributed by atoms with van der Waals surface area (Å²) in [5, 5.41) is 11.0. The van der Waals surface area contributed by atoms with Gasteiger partial charge in [0.15, 0.2) is 0 Å². The van der Waals surface area contributed by atoms with E-state index in [2.05, 4.69) is 10.2 Å². The lowest BCUT2D eigenvalue weighted by atomic mass is 10.0. The molecule has 0 aliphatic heterocycles. The van der Waals surface area contributed by atoms with Crippen LogP contribution in [0.1, 0.15) is 19.3 Å². The van der Waals surface area contributed by atoms with Crippen LogP contribution in [0.3, 0.4) is 0 Å². The molecular weight excluding hydrogens is 353 g/mol. The Bertz CT molecular complexity index is 922. The highest BCUT2D eigenvalue weighted by atomic mass is 19.1. The fourth-order valence-corrected chi connectivity index (χ4v) is 3.07. The Balaban J connectivity index is 1.82. The van der Waals surface area contributed by atoms with Crippen LogP contribution >= 0.6 is 0 Å². The summed E-state index contributed by atoms with van der Waals surface area (Å²) in [6.45, 7) is 0. The maximum absolute atomic E-state index is 14.5. The van der Waals surface area contributed by atoms with Gasteiger partial charge in [-0.1, -0.05) is 18.2 Å². The van der Waals surface area contributed by atoms with Crippen LogP contribution in [0, 0.1) is 5.82 Å². The Kier molecular flexibility index (Phi) is 5.52. The molecule has 0 radical (unpaired) electrons. The predicted molar refractivity (Wildman–Crippen MR) is 96.6 cm³/mol. The summed E-state index contributed by atoms with van der Waals surface area (Å²) in [5.41, 5.74) is 1.73. The maximum Gasteiger partial charge on any atom is 0.369 e. The number of carbonyl (C=O) groups is 2. The number of methoxy groups -OCH3 is 1. The molecule has 6 nitrogen and oxygen atoms in total. The minimum Gasteiger partial charge on any atom is -0.497 e. The van der Waals surface area contributed by atoms with Gasteiger partial charge in [-0.15, -0.1) is 0 Å². The van der Waals surface area contributed by atoms with Crippen molar-refractivity contribution in [3.8, 4) is 16.9 Å². The quantitative estimate of drug-likeness (QED) is 0.614. The molecule has 27 heavy (non-hydrogen) atoms. The fourth-order valence-electron chi connectivity index (χ4n) is 3.07. The van der Waals surface area contributed by atoms with Crippen molar-refractivity contribution in [3.05, 3.63) is 59.4 Å². The fraction of sp³-hybridized carbons (Fsp3) is 0.200. The highest BCUT2D eigenvalue weighted by Gasteiger charge is 2.27. The number of benzene rings is 2. The molecule has 1 aliphatic carbocycles. The Morgan fingerprint density at radius 3 is 2.52 bits per heavy atom. The molecule has 0 aromatic heterocycles. The average molecular weight is 371 g/mol. The van der Waals surface area contributed by atoms with Crippen LogP contribution in [0.15, 0.2) is 53.6 Å². The van der Waals surface area contributed by atoms with Gasteiger partial charge >= 0.3 is 5.97 Å². The highest BCUT2D eigenvalue weighted by Crippen LogP contribution is 2.30. The van der Waals surface area contributed by atoms with Crippen molar-refractivity contribution in [2.45, 2.75) is 19.3 Å². The van der Waals surface area contributed by atoms with Gasteiger partial charge in [0.05, 0.1) is 12.8 Å². The summed E-state index contributed by atoms with van der Waals surface area (Å²) in [7, 11) is 1.55. The number of ether oxygens (including phenoxy) is 1. The summed E-state index contributed by atoms with van der Waals surface area (Å²) in [4.78, 5) is 27.6. The molecule has 3 rings (SSSR count). The first-order valence-corrected chi connectivity index (χ1v) is 8.36. The molecule has 1 amide bonds. The Hall–Kier alpha value is -3.19. The third-order valence-electron chi connectivity index (χ3n) is 4.44. The molecular formula is C20H18FNO5. The van der Waals surface area contributed by atoms with Gasteiger partial charge in [-0.25, -0.2) is 9.18 Å². The van der Waals surface area contributed by atoms with Crippen LogP contribution in [-0.4, -0.2) is 24.2 Å². The Morgan fingerprint density at radius 1 is 1.07 bits per heavy atom. The molecule has 0 saturated heterocycles. The zero-order valence-corrected chi connectivity index (χ0v) is 14.6. The molecule has 140 valence electrons. The molecule has 0 saturated carbocycles. The second-order valence-electron chi connectivity index (χ2n) is 6.07. The summed E-state index contributed by atoms with van der Waals surface area (Å²) < 4.78 is 19.7. The van der Waals surface area contributed by atoms with Gasteiger partial charge in [0.25, 0.3) is 5.91 Å². The van der Waals surface area contributed by atoms with Crippen molar-refractivity contribution in [2.75, 3.05) is 12.4 Å². The number of rotatable bonds is 5. The van der Waals surface area contributed by atoms with E-state index in [0.717, 1.165) is 5.56 Å². The van der Waals surface area contributed by atoms with Crippen LogP contribution in [0.5, 0.6) is 5.75 Å². The standard InChI is InChI=1S/C20H18FNO5/c1-26-14-5-2-4-12(10-14)13-8-9-18(17(21)11-13)22-19(23)15-6-3-7-16(15)20(24)27-25/h2,4-5,8-11,25H,3,6-7H2,1H3,(H,22,23). The third kappa shape index (κ3) is 3.98. The van der Waals surface area contributed by atoms with E-state index < -0.39 is 17.7 Å². The Morgan fingerprint density at radius 2 is 1.81 bits per heavy atom. The molecule has 7 heteroatoms. The number of halogens is 1. The minimum absolute atomic E-state index is 0.00256. The topological polar surface area (TPSA) is 84.9 Å². The molecule has 0 atom stereocenters. The van der Waals surface area contributed by atoms with E-state index in [9.17, 15) is 14.0 Å². The van der Waals surface area contributed by atoms with Gasteiger partial charge in [0, 0.05) is 11.1 Å². The Labute approximate surface area is 155 Å². The van der Waals surface area contributed by atoms with E-state index >= 15 is 0 Å². The van der Waals surface area contributed by atoms with Crippen molar-refractivity contribution in [2.24, 2.45) is 0 Å². The molecule has 2 aromatic rings. The summed E-state index contributed by atoms with van der Waals surface area (Å²) in [6, 6.07) is 11.7. The van der Waals surface area contributed by atoms with Crippen LogP contribution in [0.2, 0.25) is 0 Å². The number of hydrogen-bond donors (Lipinski definition) is 2. The molecule has 0 bridgehead atoms. The van der Waals surface area contributed by atoms with E-state index in [0.29, 0.717) is 30.6 Å². The van der Waals surface area contributed by atoms with E-state index in [1.54, 1.807) is 31.4 Å². The zero-order chi connectivity index (χ0) is 19.4. The first-order valence-electron chi connectivity index (χ1n) is 8.36. The van der Waals surface area contributed by atoms with Crippen molar-refractivity contribution >= 4 is 17.6 Å². The molecule has 0 spiro atoms. The number of amides is 1. The van der Waals surface area contributed by atoms with Crippen molar-refractivity contribution < 1.29 is 28.9 Å². The van der Waals surface area contributed by atoms with E-state index in [1.165, 1.54) is 12.1 Å². The minimum atomic E-state index is -0.952. The lowest BCUT2D eigenvalue weighted by molar-refractivity contribution is -0.229. The van der Waals surface area contributed by atoms with Gasteiger partial charge in [-0.05, 0) is 54.7 Å². The summed E-state index contributed by atoms with van der Waals surface area (Å²) in [5.74, 6) is -1.48. The summed E-state index contributed by atoms with van der Waals surface area (Å²) >= 11 is 0. The lowest BCUT2D eigenvalue weighted by Gasteiger charge is -2.10. The average Bonchev–Trinajstić information content (AvgIpc) is 3.19. The number of hydrogen-bond acceptors (Lipinski definition) is 5. The van der Waals surface area contributed by atoms with E-state index in [1.807, 2.05) is 6.07 Å². The molecule has 0 unspecified atom stereocenters. The molecule has 2 aromatic carbocycles. The summed E-state index contributed by atoms with van der Waals surface area (Å²) in [6.07, 6.45) is 1.28. The van der Waals surface area contributed by atoms with Crippen LogP contribution in [0.25, 0.3) is 11.1 Å². The van der Waals surface area contributed by atoms with E-state index in [-0.39, 0.29) is 16.8 Å². The van der Waals surface area contributed by atoms with Gasteiger partial charge in [-0.2, -0.15) is 5.26 Å². The highest BCUT2D eigenvalue weighted by molar-refractivity contribution is 6.09. The second kappa shape index (κ2) is 8.01. The van der Waals surface area contributed by atoms with Crippen LogP contribution in [0.4, 0.5) is 10.1 Å². The largest absolute Gasteiger partial charge is 0.497 e. The van der Waals surface area contributed by atoms with Crippen LogP contribution < -0.4 is 10.1 Å². The SMILES string of the molecule is COc1cccc(-c2ccc(NC(=O)C3=C(C(=O)OO)CCC3)c(F)c2)c1. The second-order valence-corrected chi connectivity index (χ2v) is 6.07. The predicted octanol–water partition coefficient (Wildman–Crippen LogP) is 3.94. The van der Waals surface area contributed by atoms with Gasteiger partial charge in [0.2, 0.25) is 0 Å². The van der Waals surface area contributed by atoms with Gasteiger partial charge in [0.1, 0.15) is 11.6 Å². The monoisotopic (exact) mass is 371 g/mol. The third-order valence-corrected chi connectivity index (χ3v) is 4.44. The number of anilines is 1. The smallest absolute Gasteiger partial charge is 0.369 e. The zero-order valence-electron chi connectivity index (χ0n) is 14.6. The van der Waals surface area contributed by atoms with Gasteiger partial charge in [-0.3, -0.25) is 9.68 Å².